The molecule has 0 saturated carbocycles. The number of hydrogen-bond donors (Lipinski definition) is 2. The van der Waals surface area contributed by atoms with E-state index in [0.717, 1.165) is 38.9 Å². The van der Waals surface area contributed by atoms with Crippen LogP contribution in [0.5, 0.6) is 0 Å². The molecule has 3 heterocycles. The number of carboxylic acid groups (broad SMARTS) is 1. The van der Waals surface area contributed by atoms with Crippen LogP contribution in [0, 0.1) is 17.7 Å². The zero-order chi connectivity index (χ0) is 24.4. The molecule has 11 heteroatoms. The third-order valence-electron chi connectivity index (χ3n) is 6.63. The van der Waals surface area contributed by atoms with E-state index in [4.69, 9.17) is 9.90 Å². The molecular weight excluding hydrogens is 446 g/mol. The summed E-state index contributed by atoms with van der Waals surface area (Å²) in [4.78, 5) is 38.3. The first-order chi connectivity index (χ1) is 15.5. The van der Waals surface area contributed by atoms with Gasteiger partial charge in [-0.2, -0.15) is 13.2 Å². The first-order valence-electron chi connectivity index (χ1n) is 10.9. The fraction of sp³-hybridized carbons (Fsp3) is 0.591. The number of halogens is 4. The lowest BCUT2D eigenvalue weighted by atomic mass is 9.75. The van der Waals surface area contributed by atoms with Crippen molar-refractivity contribution < 1.29 is 37.1 Å². The minimum Gasteiger partial charge on any atom is -0.475 e. The van der Waals surface area contributed by atoms with Crippen molar-refractivity contribution in [1.29, 1.82) is 0 Å². The van der Waals surface area contributed by atoms with Gasteiger partial charge in [0.2, 0.25) is 5.91 Å². The highest BCUT2D eigenvalue weighted by molar-refractivity contribution is 5.94. The summed E-state index contributed by atoms with van der Waals surface area (Å²) < 4.78 is 44.8. The quantitative estimate of drug-likeness (QED) is 0.659. The zero-order valence-corrected chi connectivity index (χ0v) is 18.2. The van der Waals surface area contributed by atoms with Crippen molar-refractivity contribution in [3.63, 3.8) is 0 Å². The number of hydrogen-bond acceptors (Lipinski definition) is 4. The van der Waals surface area contributed by atoms with E-state index in [2.05, 4.69) is 17.1 Å². The molecule has 3 aliphatic rings. The van der Waals surface area contributed by atoms with Crippen molar-refractivity contribution >= 4 is 17.8 Å². The molecule has 0 radical (unpaired) electrons. The van der Waals surface area contributed by atoms with Gasteiger partial charge in [0.1, 0.15) is 5.82 Å². The summed E-state index contributed by atoms with van der Waals surface area (Å²) in [6.45, 7) is 6.32. The largest absolute Gasteiger partial charge is 0.490 e. The molecule has 2 amide bonds. The molecule has 4 rings (SSSR count). The number of nitrogens with one attached hydrogen (secondary N) is 1. The molecule has 0 bridgehead atoms. The van der Waals surface area contributed by atoms with Crippen molar-refractivity contribution in [3.8, 4) is 0 Å². The highest BCUT2D eigenvalue weighted by Gasteiger charge is 2.57. The van der Waals surface area contributed by atoms with Crippen LogP contribution in [0.2, 0.25) is 0 Å². The van der Waals surface area contributed by atoms with E-state index in [0.29, 0.717) is 24.6 Å². The Balaban J connectivity index is 0.000000383. The smallest absolute Gasteiger partial charge is 0.475 e. The number of carbonyl (C=O) groups is 3. The first-order valence-corrected chi connectivity index (χ1v) is 10.9. The van der Waals surface area contributed by atoms with E-state index < -0.39 is 12.1 Å². The maximum absolute atomic E-state index is 13.1. The van der Waals surface area contributed by atoms with Gasteiger partial charge in [0, 0.05) is 43.2 Å². The van der Waals surface area contributed by atoms with Crippen molar-refractivity contribution in [2.45, 2.75) is 37.9 Å². The number of nitrogens with zero attached hydrogens (tertiary/aromatic N) is 2. The molecule has 2 N–H and O–H groups in total. The molecule has 182 valence electrons. The van der Waals surface area contributed by atoms with Crippen LogP contribution < -0.4 is 5.32 Å². The van der Waals surface area contributed by atoms with Gasteiger partial charge in [-0.3, -0.25) is 9.59 Å². The van der Waals surface area contributed by atoms with Crippen molar-refractivity contribution in [2.75, 3.05) is 32.7 Å². The number of aliphatic carboxylic acids is 1. The summed E-state index contributed by atoms with van der Waals surface area (Å²) in [5.41, 5.74) is 0.356. The number of rotatable bonds is 3. The lowest BCUT2D eigenvalue weighted by Crippen LogP contribution is -2.56. The van der Waals surface area contributed by atoms with Gasteiger partial charge < -0.3 is 20.2 Å². The fourth-order valence-corrected chi connectivity index (χ4v) is 5.02. The Morgan fingerprint density at radius 3 is 2.24 bits per heavy atom. The highest BCUT2D eigenvalue weighted by Crippen LogP contribution is 2.44. The third kappa shape index (κ3) is 5.45. The normalized spacial score (nSPS) is 24.2. The molecular formula is C22H27F4N3O4. The molecule has 0 aliphatic carbocycles. The van der Waals surface area contributed by atoms with Crippen LogP contribution in [0.15, 0.2) is 24.3 Å². The molecule has 7 nitrogen and oxygen atoms in total. The Morgan fingerprint density at radius 2 is 1.73 bits per heavy atom. The van der Waals surface area contributed by atoms with E-state index in [-0.39, 0.29) is 29.1 Å². The number of alkyl halides is 3. The molecule has 3 aliphatic heterocycles. The van der Waals surface area contributed by atoms with Gasteiger partial charge in [-0.25, -0.2) is 9.18 Å². The van der Waals surface area contributed by atoms with Gasteiger partial charge in [-0.1, -0.05) is 6.92 Å². The minimum absolute atomic E-state index is 0.0558. The summed E-state index contributed by atoms with van der Waals surface area (Å²) >= 11 is 0. The van der Waals surface area contributed by atoms with Crippen LogP contribution in [-0.2, 0) is 9.59 Å². The number of fused-ring (bicyclic) bond motifs is 2. The van der Waals surface area contributed by atoms with Gasteiger partial charge in [-0.15, -0.1) is 0 Å². The van der Waals surface area contributed by atoms with Crippen molar-refractivity contribution in [1.82, 2.24) is 15.1 Å². The maximum Gasteiger partial charge on any atom is 0.490 e. The second-order valence-corrected chi connectivity index (χ2v) is 8.72. The maximum atomic E-state index is 13.1. The Bertz CT molecular complexity index is 883. The van der Waals surface area contributed by atoms with Crippen LogP contribution in [0.25, 0.3) is 0 Å². The molecule has 1 aromatic carbocycles. The molecule has 33 heavy (non-hydrogen) atoms. The number of carboxylic acids is 1. The lowest BCUT2D eigenvalue weighted by molar-refractivity contribution is -0.192. The van der Waals surface area contributed by atoms with Gasteiger partial charge in [0.25, 0.3) is 5.91 Å². The number of piperidine rings is 1. The van der Waals surface area contributed by atoms with Gasteiger partial charge >= 0.3 is 12.1 Å². The number of likely N-dealkylation sites (tertiary alicyclic amines) is 2. The van der Waals surface area contributed by atoms with E-state index in [1.807, 2.05) is 4.90 Å². The van der Waals surface area contributed by atoms with Gasteiger partial charge in [0.05, 0.1) is 5.92 Å². The minimum atomic E-state index is -5.08. The fourth-order valence-electron chi connectivity index (χ4n) is 5.02. The van der Waals surface area contributed by atoms with Gasteiger partial charge in [0.15, 0.2) is 0 Å². The summed E-state index contributed by atoms with van der Waals surface area (Å²) in [6.07, 6.45) is -2.38. The topological polar surface area (TPSA) is 90.0 Å². The summed E-state index contributed by atoms with van der Waals surface area (Å²) in [6, 6.07) is 5.71. The summed E-state index contributed by atoms with van der Waals surface area (Å²) in [5.74, 6) is -2.51. The van der Waals surface area contributed by atoms with Crippen molar-refractivity contribution in [3.05, 3.63) is 35.6 Å². The predicted octanol–water partition coefficient (Wildman–Crippen LogP) is 2.52. The second kappa shape index (κ2) is 9.66. The van der Waals surface area contributed by atoms with Crippen LogP contribution in [-0.4, -0.2) is 77.1 Å². The molecule has 3 saturated heterocycles. The standard InChI is InChI=1S/C20H26FN3O2.C2HF3O2/c1-2-9-23-12-16-17(13-23)20(22-18(16)25)7-10-24(11-8-20)19(26)14-3-5-15(21)6-4-14;3-2(4,5)1(6)7/h3-6,16-17H,2,7-13H2,1H3,(H,22,25);(H,6,7)/t16-,17+;/m1./s1. The van der Waals surface area contributed by atoms with Crippen LogP contribution in [0.1, 0.15) is 36.5 Å². The molecule has 1 spiro atoms. The van der Waals surface area contributed by atoms with E-state index >= 15 is 0 Å². The molecule has 1 aromatic rings. The molecule has 0 aromatic heterocycles. The summed E-state index contributed by atoms with van der Waals surface area (Å²) in [7, 11) is 0. The Labute approximate surface area is 188 Å². The molecule has 3 fully saturated rings. The van der Waals surface area contributed by atoms with Crippen LogP contribution in [0.3, 0.4) is 0 Å². The lowest BCUT2D eigenvalue weighted by Gasteiger charge is -2.42. The number of benzene rings is 1. The second-order valence-electron chi connectivity index (χ2n) is 8.72. The van der Waals surface area contributed by atoms with E-state index in [1.165, 1.54) is 24.3 Å². The number of carbonyl (C=O) groups excluding carboxylic acids is 2. The Morgan fingerprint density at radius 1 is 1.15 bits per heavy atom. The third-order valence-corrected chi connectivity index (χ3v) is 6.63. The highest BCUT2D eigenvalue weighted by atomic mass is 19.4. The van der Waals surface area contributed by atoms with Crippen LogP contribution >= 0.6 is 0 Å². The number of amides is 2. The molecule has 2 atom stereocenters. The zero-order valence-electron chi connectivity index (χ0n) is 18.2. The van der Waals surface area contributed by atoms with Gasteiger partial charge in [-0.05, 0) is 50.1 Å². The SMILES string of the molecule is CCCN1C[C@H]2C(=O)NC3(CCN(C(=O)c4ccc(F)cc4)CC3)[C@H]2C1.O=C(O)C(F)(F)F. The predicted molar refractivity (Wildman–Crippen MR) is 110 cm³/mol. The molecule has 0 unspecified atom stereocenters. The first kappa shape index (κ1) is 24.9. The summed E-state index contributed by atoms with van der Waals surface area (Å²) in [5, 5.41) is 10.4. The van der Waals surface area contributed by atoms with E-state index in [9.17, 15) is 27.2 Å². The average Bonchev–Trinajstić information content (AvgIpc) is 3.28. The average molecular weight is 473 g/mol. The monoisotopic (exact) mass is 473 g/mol. The van der Waals surface area contributed by atoms with E-state index in [1.54, 1.807) is 0 Å². The Kier molecular flexibility index (Phi) is 7.30. The van der Waals surface area contributed by atoms with Crippen LogP contribution in [0.4, 0.5) is 17.6 Å². The van der Waals surface area contributed by atoms with Crippen molar-refractivity contribution in [2.24, 2.45) is 11.8 Å². The Hall–Kier alpha value is -2.69.